The normalized spacial score (nSPS) is 24.9. The van der Waals surface area contributed by atoms with Crippen molar-refractivity contribution < 1.29 is 8.42 Å². The molecule has 0 saturated heterocycles. The van der Waals surface area contributed by atoms with Crippen LogP contribution in [-0.4, -0.2) is 24.7 Å². The van der Waals surface area contributed by atoms with Gasteiger partial charge in [0.15, 0.2) is 0 Å². The molecule has 4 nitrogen and oxygen atoms in total. The largest absolute Gasteiger partial charge is 0.392 e. The monoisotopic (exact) mass is 306 g/mol. The molecule has 1 fully saturated rings. The summed E-state index contributed by atoms with van der Waals surface area (Å²) in [7, 11) is -3.48. The van der Waals surface area contributed by atoms with Crippen LogP contribution in [-0.2, 0) is 10.0 Å². The Kier molecular flexibility index (Phi) is 4.70. The molecule has 0 aromatic rings. The van der Waals surface area contributed by atoms with Gasteiger partial charge in [0.2, 0.25) is 10.0 Å². The first-order valence-corrected chi connectivity index (χ1v) is 8.61. The quantitative estimate of drug-likeness (QED) is 0.781. The summed E-state index contributed by atoms with van der Waals surface area (Å²) in [4.78, 5) is 0.0156. The fourth-order valence-corrected chi connectivity index (χ4v) is 4.94. The van der Waals surface area contributed by atoms with E-state index in [1.165, 1.54) is 6.92 Å². The third-order valence-corrected chi connectivity index (χ3v) is 6.10. The maximum Gasteiger partial charge on any atom is 0.220 e. The third kappa shape index (κ3) is 4.68. The second-order valence-corrected chi connectivity index (χ2v) is 9.82. The number of thiocarbonyl (C=S) groups is 1. The molecule has 0 amide bonds. The number of hydrogen-bond acceptors (Lipinski definition) is 3. The van der Waals surface area contributed by atoms with E-state index in [0.717, 1.165) is 19.3 Å². The van der Waals surface area contributed by atoms with Crippen molar-refractivity contribution in [2.24, 2.45) is 16.6 Å². The molecule has 0 spiro atoms. The Morgan fingerprint density at radius 1 is 1.26 bits per heavy atom. The van der Waals surface area contributed by atoms with E-state index in [1.54, 1.807) is 0 Å². The highest BCUT2D eigenvalue weighted by atomic mass is 32.2. The Morgan fingerprint density at radius 3 is 2.05 bits per heavy atom. The topological polar surface area (TPSA) is 72.2 Å². The van der Waals surface area contributed by atoms with E-state index in [9.17, 15) is 8.42 Å². The molecule has 1 atom stereocenters. The summed E-state index contributed by atoms with van der Waals surface area (Å²) in [6, 6.07) is -0.0412. The van der Waals surface area contributed by atoms with Crippen LogP contribution in [0, 0.1) is 10.8 Å². The van der Waals surface area contributed by atoms with Crippen molar-refractivity contribution >= 4 is 27.2 Å². The highest BCUT2D eigenvalue weighted by molar-refractivity contribution is 7.93. The fourth-order valence-electron chi connectivity index (χ4n) is 3.42. The van der Waals surface area contributed by atoms with Gasteiger partial charge in [-0.25, -0.2) is 13.1 Å². The summed E-state index contributed by atoms with van der Waals surface area (Å²) in [5.41, 5.74) is 5.73. The predicted octanol–water partition coefficient (Wildman–Crippen LogP) is 2.19. The number of rotatable bonds is 4. The van der Waals surface area contributed by atoms with Crippen molar-refractivity contribution in [3.8, 4) is 0 Å². The SMILES string of the molecule is CC(C(N)=S)S(=O)(=O)NC1CC(C)(C)CC(C)(C)C1. The Hall–Kier alpha value is -0.200. The van der Waals surface area contributed by atoms with Gasteiger partial charge in [0.25, 0.3) is 0 Å². The number of nitrogens with two attached hydrogens (primary N) is 1. The predicted molar refractivity (Wildman–Crippen MR) is 83.5 cm³/mol. The van der Waals surface area contributed by atoms with Crippen LogP contribution >= 0.6 is 12.2 Å². The van der Waals surface area contributed by atoms with Crippen LogP contribution in [0.25, 0.3) is 0 Å². The van der Waals surface area contributed by atoms with Gasteiger partial charge in [-0.15, -0.1) is 0 Å². The lowest BCUT2D eigenvalue weighted by atomic mass is 9.64. The zero-order chi connectivity index (χ0) is 15.1. The van der Waals surface area contributed by atoms with E-state index in [-0.39, 0.29) is 21.9 Å². The maximum atomic E-state index is 12.2. The third-order valence-electron chi connectivity index (χ3n) is 3.75. The summed E-state index contributed by atoms with van der Waals surface area (Å²) in [6.45, 7) is 10.3. The molecule has 0 radical (unpaired) electrons. The van der Waals surface area contributed by atoms with E-state index >= 15 is 0 Å². The van der Waals surface area contributed by atoms with Crippen molar-refractivity contribution in [2.45, 2.75) is 65.2 Å². The van der Waals surface area contributed by atoms with Crippen molar-refractivity contribution in [1.29, 1.82) is 0 Å². The van der Waals surface area contributed by atoms with Crippen LogP contribution in [0.2, 0.25) is 0 Å². The van der Waals surface area contributed by atoms with Crippen molar-refractivity contribution in [3.63, 3.8) is 0 Å². The Morgan fingerprint density at radius 2 is 1.68 bits per heavy atom. The first-order valence-electron chi connectivity index (χ1n) is 6.65. The van der Waals surface area contributed by atoms with Crippen LogP contribution in [0.5, 0.6) is 0 Å². The van der Waals surface area contributed by atoms with Gasteiger partial charge in [-0.3, -0.25) is 0 Å². The summed E-state index contributed by atoms with van der Waals surface area (Å²) < 4.78 is 27.2. The first-order chi connectivity index (χ1) is 8.35. The smallest absolute Gasteiger partial charge is 0.220 e. The van der Waals surface area contributed by atoms with Gasteiger partial charge in [0.1, 0.15) is 5.25 Å². The van der Waals surface area contributed by atoms with Gasteiger partial charge in [-0.05, 0) is 37.0 Å². The molecule has 3 N–H and O–H groups in total. The van der Waals surface area contributed by atoms with E-state index < -0.39 is 15.3 Å². The second kappa shape index (κ2) is 5.30. The molecule has 0 bridgehead atoms. The van der Waals surface area contributed by atoms with Crippen LogP contribution in [0.1, 0.15) is 53.9 Å². The van der Waals surface area contributed by atoms with Crippen LogP contribution in [0.3, 0.4) is 0 Å². The molecule has 1 unspecified atom stereocenters. The van der Waals surface area contributed by atoms with Crippen molar-refractivity contribution in [2.75, 3.05) is 0 Å². The maximum absolute atomic E-state index is 12.2. The first kappa shape index (κ1) is 16.9. The molecule has 6 heteroatoms. The van der Waals surface area contributed by atoms with Crippen LogP contribution in [0.4, 0.5) is 0 Å². The minimum Gasteiger partial charge on any atom is -0.392 e. The molecule has 0 aliphatic heterocycles. The summed E-state index contributed by atoms with van der Waals surface area (Å²) in [5, 5.41) is -0.823. The Labute approximate surface area is 122 Å². The van der Waals surface area contributed by atoms with E-state index in [4.69, 9.17) is 18.0 Å². The molecule has 1 saturated carbocycles. The standard InChI is InChI=1S/C13H26N2O2S2/c1-9(11(14)18)19(16,17)15-10-6-12(2,3)8-13(4,5)7-10/h9-10,15H,6-8H2,1-5H3,(H2,14,18). The molecule has 0 heterocycles. The van der Waals surface area contributed by atoms with Crippen LogP contribution < -0.4 is 10.5 Å². The molecule has 1 aliphatic carbocycles. The minimum atomic E-state index is -3.48. The average molecular weight is 306 g/mol. The lowest BCUT2D eigenvalue weighted by Crippen LogP contribution is -2.49. The molecule has 0 aromatic carbocycles. The highest BCUT2D eigenvalue weighted by Gasteiger charge is 2.40. The molecule has 1 rings (SSSR count). The van der Waals surface area contributed by atoms with Gasteiger partial charge in [0, 0.05) is 6.04 Å². The number of hydrogen-bond donors (Lipinski definition) is 2. The molecular formula is C13H26N2O2S2. The zero-order valence-corrected chi connectivity index (χ0v) is 14.1. The second-order valence-electron chi connectivity index (χ2n) is 7.32. The molecule has 1 aliphatic rings. The van der Waals surface area contributed by atoms with Crippen molar-refractivity contribution in [1.82, 2.24) is 4.72 Å². The molecule has 19 heavy (non-hydrogen) atoms. The van der Waals surface area contributed by atoms with Gasteiger partial charge >= 0.3 is 0 Å². The van der Waals surface area contributed by atoms with E-state index in [1.807, 2.05) is 0 Å². The summed E-state index contributed by atoms with van der Waals surface area (Å²) in [5.74, 6) is 0. The lowest BCUT2D eigenvalue weighted by Gasteiger charge is -2.45. The van der Waals surface area contributed by atoms with Gasteiger partial charge in [-0.2, -0.15) is 0 Å². The number of nitrogens with one attached hydrogen (secondary N) is 1. The molecule has 112 valence electrons. The van der Waals surface area contributed by atoms with Gasteiger partial charge < -0.3 is 5.73 Å². The molecule has 0 aromatic heterocycles. The summed E-state index contributed by atoms with van der Waals surface area (Å²) >= 11 is 4.78. The van der Waals surface area contributed by atoms with Crippen LogP contribution in [0.15, 0.2) is 0 Å². The summed E-state index contributed by atoms with van der Waals surface area (Å²) in [6.07, 6.45) is 2.79. The fraction of sp³-hybridized carbons (Fsp3) is 0.923. The minimum absolute atomic E-state index is 0.0156. The van der Waals surface area contributed by atoms with Gasteiger partial charge in [-0.1, -0.05) is 39.9 Å². The Bertz CT molecular complexity index is 439. The highest BCUT2D eigenvalue weighted by Crippen LogP contribution is 2.45. The zero-order valence-electron chi connectivity index (χ0n) is 12.5. The van der Waals surface area contributed by atoms with Gasteiger partial charge in [0.05, 0.1) is 4.99 Å². The Balaban J connectivity index is 2.85. The number of sulfonamides is 1. The van der Waals surface area contributed by atoms with Crippen molar-refractivity contribution in [3.05, 3.63) is 0 Å². The van der Waals surface area contributed by atoms with E-state index in [2.05, 4.69) is 32.4 Å². The van der Waals surface area contributed by atoms with E-state index in [0.29, 0.717) is 0 Å². The average Bonchev–Trinajstić information content (AvgIpc) is 2.09. The lowest BCUT2D eigenvalue weighted by molar-refractivity contribution is 0.0934. The molecular weight excluding hydrogens is 280 g/mol.